The highest BCUT2D eigenvalue weighted by molar-refractivity contribution is 5.62. The van der Waals surface area contributed by atoms with Crippen molar-refractivity contribution in [3.63, 3.8) is 0 Å². The third kappa shape index (κ3) is 1.74. The highest BCUT2D eigenvalue weighted by Gasteiger charge is 1.95. The molecule has 2 aromatic rings. The molecule has 0 saturated carbocycles. The first kappa shape index (κ1) is 8.75. The standard InChI is InChI=1S/C12H11NO/c1-9-2-4-10(5-3-9)11-6-7-12(14)13-8-11/h2-8H,1H3,(H,13,14). The van der Waals surface area contributed by atoms with E-state index in [0.717, 1.165) is 11.1 Å². The van der Waals surface area contributed by atoms with Crippen LogP contribution < -0.4 is 5.56 Å². The van der Waals surface area contributed by atoms with Crippen LogP contribution in [-0.2, 0) is 0 Å². The predicted octanol–water partition coefficient (Wildman–Crippen LogP) is 2.35. The second-order valence-electron chi connectivity index (χ2n) is 3.31. The monoisotopic (exact) mass is 185 g/mol. The minimum absolute atomic E-state index is 0.0686. The molecule has 2 rings (SSSR count). The van der Waals surface area contributed by atoms with Crippen LogP contribution in [0.2, 0.25) is 0 Å². The minimum Gasteiger partial charge on any atom is -0.328 e. The lowest BCUT2D eigenvalue weighted by molar-refractivity contribution is 1.24. The van der Waals surface area contributed by atoms with Crippen LogP contribution in [0.3, 0.4) is 0 Å². The van der Waals surface area contributed by atoms with Crippen LogP contribution in [0.1, 0.15) is 5.56 Å². The Balaban J connectivity index is 2.44. The van der Waals surface area contributed by atoms with Gasteiger partial charge in [0.05, 0.1) is 0 Å². The number of aromatic amines is 1. The van der Waals surface area contributed by atoms with Crippen molar-refractivity contribution in [2.45, 2.75) is 6.92 Å². The van der Waals surface area contributed by atoms with Gasteiger partial charge >= 0.3 is 0 Å². The molecule has 0 bridgehead atoms. The van der Waals surface area contributed by atoms with Gasteiger partial charge in [-0.15, -0.1) is 0 Å². The van der Waals surface area contributed by atoms with Crippen molar-refractivity contribution in [3.8, 4) is 11.1 Å². The van der Waals surface area contributed by atoms with Gasteiger partial charge in [-0.05, 0) is 24.1 Å². The number of hydrogen-bond donors (Lipinski definition) is 1. The molecule has 0 radical (unpaired) electrons. The highest BCUT2D eigenvalue weighted by atomic mass is 16.1. The Morgan fingerprint density at radius 3 is 2.14 bits per heavy atom. The molecule has 0 spiro atoms. The first-order valence-electron chi connectivity index (χ1n) is 4.51. The molecule has 1 aromatic heterocycles. The predicted molar refractivity (Wildman–Crippen MR) is 57.2 cm³/mol. The van der Waals surface area contributed by atoms with E-state index in [4.69, 9.17) is 0 Å². The second-order valence-corrected chi connectivity index (χ2v) is 3.31. The van der Waals surface area contributed by atoms with Crippen LogP contribution in [0.5, 0.6) is 0 Å². The zero-order valence-corrected chi connectivity index (χ0v) is 7.95. The molecule has 1 N–H and O–H groups in total. The Morgan fingerprint density at radius 1 is 0.929 bits per heavy atom. The molecular weight excluding hydrogens is 174 g/mol. The first-order valence-corrected chi connectivity index (χ1v) is 4.51. The number of nitrogens with one attached hydrogen (secondary N) is 1. The molecule has 0 atom stereocenters. The molecule has 0 fully saturated rings. The van der Waals surface area contributed by atoms with Crippen molar-refractivity contribution in [1.29, 1.82) is 0 Å². The Morgan fingerprint density at radius 2 is 1.57 bits per heavy atom. The van der Waals surface area contributed by atoms with Gasteiger partial charge < -0.3 is 4.98 Å². The number of benzene rings is 1. The molecule has 1 heterocycles. The Labute approximate surface area is 82.2 Å². The van der Waals surface area contributed by atoms with Crippen molar-refractivity contribution < 1.29 is 0 Å². The van der Waals surface area contributed by atoms with Crippen molar-refractivity contribution in [3.05, 3.63) is 58.5 Å². The van der Waals surface area contributed by atoms with Gasteiger partial charge in [0.25, 0.3) is 0 Å². The zero-order valence-electron chi connectivity index (χ0n) is 7.95. The van der Waals surface area contributed by atoms with Gasteiger partial charge in [0.2, 0.25) is 5.56 Å². The third-order valence-electron chi connectivity index (χ3n) is 2.17. The molecule has 14 heavy (non-hydrogen) atoms. The molecule has 0 aliphatic rings. The summed E-state index contributed by atoms with van der Waals surface area (Å²) < 4.78 is 0. The highest BCUT2D eigenvalue weighted by Crippen LogP contribution is 2.17. The molecule has 1 aromatic carbocycles. The summed E-state index contributed by atoms with van der Waals surface area (Å²) in [5.74, 6) is 0. The molecule has 0 saturated heterocycles. The van der Waals surface area contributed by atoms with E-state index < -0.39 is 0 Å². The van der Waals surface area contributed by atoms with Gasteiger partial charge in [0.15, 0.2) is 0 Å². The van der Waals surface area contributed by atoms with E-state index in [1.807, 2.05) is 18.2 Å². The maximum absolute atomic E-state index is 10.9. The molecule has 2 heteroatoms. The van der Waals surface area contributed by atoms with Crippen molar-refractivity contribution in [1.82, 2.24) is 4.98 Å². The van der Waals surface area contributed by atoms with E-state index in [0.29, 0.717) is 0 Å². The summed E-state index contributed by atoms with van der Waals surface area (Å²) in [6.07, 6.45) is 1.73. The molecule has 0 aliphatic heterocycles. The quantitative estimate of drug-likeness (QED) is 0.726. The molecular formula is C12H11NO. The maximum Gasteiger partial charge on any atom is 0.247 e. The fourth-order valence-electron chi connectivity index (χ4n) is 1.34. The lowest BCUT2D eigenvalue weighted by atomic mass is 10.1. The number of aromatic nitrogens is 1. The first-order chi connectivity index (χ1) is 6.75. The van der Waals surface area contributed by atoms with E-state index in [-0.39, 0.29) is 5.56 Å². The zero-order chi connectivity index (χ0) is 9.97. The lowest BCUT2D eigenvalue weighted by Gasteiger charge is -2.00. The van der Waals surface area contributed by atoms with Crippen molar-refractivity contribution in [2.24, 2.45) is 0 Å². The van der Waals surface area contributed by atoms with Gasteiger partial charge in [0.1, 0.15) is 0 Å². The van der Waals surface area contributed by atoms with Gasteiger partial charge in [-0.3, -0.25) is 4.79 Å². The summed E-state index contributed by atoms with van der Waals surface area (Å²) >= 11 is 0. The number of H-pyrrole nitrogens is 1. The smallest absolute Gasteiger partial charge is 0.247 e. The van der Waals surface area contributed by atoms with Crippen molar-refractivity contribution >= 4 is 0 Å². The van der Waals surface area contributed by atoms with Crippen LogP contribution in [0, 0.1) is 6.92 Å². The van der Waals surface area contributed by atoms with Gasteiger partial charge in [-0.1, -0.05) is 29.8 Å². The summed E-state index contributed by atoms with van der Waals surface area (Å²) in [5.41, 5.74) is 3.32. The summed E-state index contributed by atoms with van der Waals surface area (Å²) in [5, 5.41) is 0. The SMILES string of the molecule is Cc1ccc(-c2ccc(=O)[nH]c2)cc1. The van der Waals surface area contributed by atoms with E-state index in [1.54, 1.807) is 6.20 Å². The largest absolute Gasteiger partial charge is 0.328 e. The van der Waals surface area contributed by atoms with E-state index in [1.165, 1.54) is 11.6 Å². The Hall–Kier alpha value is -1.83. The third-order valence-corrected chi connectivity index (χ3v) is 2.17. The van der Waals surface area contributed by atoms with Gasteiger partial charge in [-0.25, -0.2) is 0 Å². The number of pyridine rings is 1. The Bertz CT molecular complexity index is 462. The Kier molecular flexibility index (Phi) is 2.19. The van der Waals surface area contributed by atoms with Crippen LogP contribution in [0.15, 0.2) is 47.4 Å². The van der Waals surface area contributed by atoms with Crippen LogP contribution in [-0.4, -0.2) is 4.98 Å². The average Bonchev–Trinajstić information content (AvgIpc) is 2.21. The summed E-state index contributed by atoms with van der Waals surface area (Å²) in [7, 11) is 0. The van der Waals surface area contributed by atoms with Gasteiger partial charge in [0, 0.05) is 12.3 Å². The molecule has 0 amide bonds. The van der Waals surface area contributed by atoms with E-state index in [9.17, 15) is 4.79 Å². The number of aryl methyl sites for hydroxylation is 1. The van der Waals surface area contributed by atoms with Crippen LogP contribution in [0.25, 0.3) is 11.1 Å². The molecule has 0 aliphatic carbocycles. The van der Waals surface area contributed by atoms with Crippen molar-refractivity contribution in [2.75, 3.05) is 0 Å². The number of rotatable bonds is 1. The topological polar surface area (TPSA) is 32.9 Å². The van der Waals surface area contributed by atoms with E-state index >= 15 is 0 Å². The average molecular weight is 185 g/mol. The van der Waals surface area contributed by atoms with Gasteiger partial charge in [-0.2, -0.15) is 0 Å². The van der Waals surface area contributed by atoms with Crippen LogP contribution >= 0.6 is 0 Å². The normalized spacial score (nSPS) is 10.1. The van der Waals surface area contributed by atoms with E-state index in [2.05, 4.69) is 24.0 Å². The summed E-state index contributed by atoms with van der Waals surface area (Å²) in [6.45, 7) is 2.05. The molecule has 70 valence electrons. The van der Waals surface area contributed by atoms with Crippen LogP contribution in [0.4, 0.5) is 0 Å². The molecule has 0 unspecified atom stereocenters. The maximum atomic E-state index is 10.9. The fraction of sp³-hybridized carbons (Fsp3) is 0.0833. The summed E-state index contributed by atoms with van der Waals surface area (Å²) in [6, 6.07) is 11.6. The molecule has 2 nitrogen and oxygen atoms in total. The summed E-state index contributed by atoms with van der Waals surface area (Å²) in [4.78, 5) is 13.5. The lowest BCUT2D eigenvalue weighted by Crippen LogP contribution is -2.01. The second kappa shape index (κ2) is 3.50. The number of hydrogen-bond acceptors (Lipinski definition) is 1. The fourth-order valence-corrected chi connectivity index (χ4v) is 1.34. The minimum atomic E-state index is -0.0686.